The number of hydrogen-bond acceptors (Lipinski definition) is 2. The van der Waals surface area contributed by atoms with Crippen LogP contribution in [0.4, 0.5) is 5.69 Å². The molecule has 0 spiro atoms. The van der Waals surface area contributed by atoms with Gasteiger partial charge in [0.05, 0.1) is 10.7 Å². The lowest BCUT2D eigenvalue weighted by Gasteiger charge is -2.21. The number of nitrogens with zero attached hydrogens (tertiary/aromatic N) is 1. The predicted octanol–water partition coefficient (Wildman–Crippen LogP) is 3.68. The van der Waals surface area contributed by atoms with Crippen LogP contribution in [-0.4, -0.2) is 25.2 Å². The second-order valence-corrected chi connectivity index (χ2v) is 6.17. The van der Waals surface area contributed by atoms with E-state index >= 15 is 0 Å². The van der Waals surface area contributed by atoms with E-state index in [1.807, 2.05) is 12.1 Å². The summed E-state index contributed by atoms with van der Waals surface area (Å²) in [6, 6.07) is 7.21. The van der Waals surface area contributed by atoms with Gasteiger partial charge in [0.25, 0.3) is 0 Å². The summed E-state index contributed by atoms with van der Waals surface area (Å²) < 4.78 is 1.03. The summed E-state index contributed by atoms with van der Waals surface area (Å²) in [5, 5.41) is 4.40. The van der Waals surface area contributed by atoms with Gasteiger partial charge in [-0.05, 0) is 24.6 Å². The molecule has 0 aromatic heterocycles. The molecule has 4 heteroatoms. The minimum absolute atomic E-state index is 0.542. The molecule has 0 amide bonds. The third-order valence-electron chi connectivity index (χ3n) is 3.01. The Labute approximate surface area is 116 Å². The highest BCUT2D eigenvalue weighted by Gasteiger charge is 2.24. The maximum absolute atomic E-state index is 6.27. The first-order valence-corrected chi connectivity index (χ1v) is 7.19. The highest BCUT2D eigenvalue weighted by Crippen LogP contribution is 2.31. The first-order valence-electron chi connectivity index (χ1n) is 6.02. The van der Waals surface area contributed by atoms with Gasteiger partial charge in [-0.25, -0.2) is 0 Å². The zero-order chi connectivity index (χ0) is 12.4. The lowest BCUT2D eigenvalue weighted by Crippen LogP contribution is -2.37. The lowest BCUT2D eigenvalue weighted by molar-refractivity contribution is 0.492. The Balaban J connectivity index is 2.05. The molecule has 0 aliphatic carbocycles. The highest BCUT2D eigenvalue weighted by atomic mass is 79.9. The minimum Gasteiger partial charge on any atom is -0.369 e. The summed E-state index contributed by atoms with van der Waals surface area (Å²) in [4.78, 5) is 2.36. The van der Waals surface area contributed by atoms with Crippen LogP contribution in [0.3, 0.4) is 0 Å². The predicted molar refractivity (Wildman–Crippen MR) is 78.0 cm³/mol. The first kappa shape index (κ1) is 13.2. The fraction of sp³-hybridized carbons (Fsp3) is 0.538. The average Bonchev–Trinajstić information content (AvgIpc) is 2.65. The van der Waals surface area contributed by atoms with Crippen LogP contribution in [0.25, 0.3) is 0 Å². The van der Waals surface area contributed by atoms with E-state index in [4.69, 9.17) is 11.6 Å². The molecule has 1 aromatic carbocycles. The Hall–Kier alpha value is -0.250. The molecule has 1 unspecified atom stereocenters. The van der Waals surface area contributed by atoms with Gasteiger partial charge >= 0.3 is 0 Å². The number of rotatable bonds is 3. The Bertz CT molecular complexity index is 395. The lowest BCUT2D eigenvalue weighted by atomic mass is 10.2. The van der Waals surface area contributed by atoms with Gasteiger partial charge < -0.3 is 10.2 Å². The van der Waals surface area contributed by atoms with Crippen molar-refractivity contribution in [2.45, 2.75) is 32.4 Å². The Kier molecular flexibility index (Phi) is 4.34. The number of anilines is 1. The molecule has 1 fully saturated rings. The van der Waals surface area contributed by atoms with Gasteiger partial charge in [-0.3, -0.25) is 0 Å². The van der Waals surface area contributed by atoms with Crippen LogP contribution in [0.1, 0.15) is 20.3 Å². The standard InChI is InChI=1S/C13H18BrClN2/c1-9(2)16-11-5-6-17(8-11)13-4-3-10(14)7-12(13)15/h3-4,7,9,11,16H,5-6,8H2,1-2H3. The van der Waals surface area contributed by atoms with E-state index < -0.39 is 0 Å². The Morgan fingerprint density at radius 1 is 1.47 bits per heavy atom. The Morgan fingerprint density at radius 3 is 2.88 bits per heavy atom. The van der Waals surface area contributed by atoms with Crippen LogP contribution in [-0.2, 0) is 0 Å². The van der Waals surface area contributed by atoms with Crippen molar-refractivity contribution < 1.29 is 0 Å². The van der Waals surface area contributed by atoms with Gasteiger partial charge in [-0.1, -0.05) is 41.4 Å². The van der Waals surface area contributed by atoms with Crippen molar-refractivity contribution in [1.82, 2.24) is 5.32 Å². The maximum Gasteiger partial charge on any atom is 0.0650 e. The third-order valence-corrected chi connectivity index (χ3v) is 3.80. The van der Waals surface area contributed by atoms with E-state index in [0.29, 0.717) is 12.1 Å². The van der Waals surface area contributed by atoms with Crippen LogP contribution in [0.5, 0.6) is 0 Å². The molecule has 1 aromatic rings. The van der Waals surface area contributed by atoms with E-state index in [0.717, 1.165) is 28.3 Å². The molecule has 1 saturated heterocycles. The van der Waals surface area contributed by atoms with Gasteiger partial charge in [-0.15, -0.1) is 0 Å². The summed E-state index contributed by atoms with van der Waals surface area (Å²) >= 11 is 9.71. The molecule has 2 nitrogen and oxygen atoms in total. The monoisotopic (exact) mass is 316 g/mol. The van der Waals surface area contributed by atoms with Crippen molar-refractivity contribution >= 4 is 33.2 Å². The Morgan fingerprint density at radius 2 is 2.24 bits per heavy atom. The third kappa shape index (κ3) is 3.36. The van der Waals surface area contributed by atoms with E-state index in [1.54, 1.807) is 0 Å². The molecule has 1 heterocycles. The van der Waals surface area contributed by atoms with Crippen LogP contribution < -0.4 is 10.2 Å². The molecule has 0 saturated carbocycles. The molecule has 1 aliphatic heterocycles. The molecule has 1 aliphatic rings. The van der Waals surface area contributed by atoms with Crippen molar-refractivity contribution in [2.75, 3.05) is 18.0 Å². The van der Waals surface area contributed by atoms with Gasteiger partial charge in [-0.2, -0.15) is 0 Å². The maximum atomic E-state index is 6.27. The molecule has 2 rings (SSSR count). The van der Waals surface area contributed by atoms with E-state index in [-0.39, 0.29) is 0 Å². The van der Waals surface area contributed by atoms with Crippen molar-refractivity contribution in [2.24, 2.45) is 0 Å². The summed E-state index contributed by atoms with van der Waals surface area (Å²) in [7, 11) is 0. The van der Waals surface area contributed by atoms with Crippen molar-refractivity contribution in [3.05, 3.63) is 27.7 Å². The largest absolute Gasteiger partial charge is 0.369 e. The first-order chi connectivity index (χ1) is 8.06. The highest BCUT2D eigenvalue weighted by molar-refractivity contribution is 9.10. The van der Waals surface area contributed by atoms with E-state index in [1.165, 1.54) is 6.42 Å². The summed E-state index contributed by atoms with van der Waals surface area (Å²) in [5.41, 5.74) is 1.14. The number of benzene rings is 1. The minimum atomic E-state index is 0.542. The van der Waals surface area contributed by atoms with Crippen molar-refractivity contribution in [3.8, 4) is 0 Å². The van der Waals surface area contributed by atoms with Crippen LogP contribution in [0, 0.1) is 0 Å². The summed E-state index contributed by atoms with van der Waals surface area (Å²) in [5.74, 6) is 0. The fourth-order valence-electron chi connectivity index (χ4n) is 2.32. The van der Waals surface area contributed by atoms with Crippen LogP contribution in [0.15, 0.2) is 22.7 Å². The molecule has 0 radical (unpaired) electrons. The molecule has 1 atom stereocenters. The van der Waals surface area contributed by atoms with Gasteiger partial charge in [0.1, 0.15) is 0 Å². The number of halogens is 2. The number of hydrogen-bond donors (Lipinski definition) is 1. The van der Waals surface area contributed by atoms with Crippen molar-refractivity contribution in [3.63, 3.8) is 0 Å². The molecule has 0 bridgehead atoms. The number of nitrogens with one attached hydrogen (secondary N) is 1. The van der Waals surface area contributed by atoms with Crippen LogP contribution >= 0.6 is 27.5 Å². The molecule has 94 valence electrons. The van der Waals surface area contributed by atoms with E-state index in [9.17, 15) is 0 Å². The molecule has 1 N–H and O–H groups in total. The van der Waals surface area contributed by atoms with Crippen LogP contribution in [0.2, 0.25) is 5.02 Å². The van der Waals surface area contributed by atoms with Gasteiger partial charge in [0.2, 0.25) is 0 Å². The normalized spacial score (nSPS) is 20.3. The van der Waals surface area contributed by atoms with E-state index in [2.05, 4.69) is 46.1 Å². The quantitative estimate of drug-likeness (QED) is 0.915. The van der Waals surface area contributed by atoms with Crippen molar-refractivity contribution in [1.29, 1.82) is 0 Å². The zero-order valence-corrected chi connectivity index (χ0v) is 12.6. The SMILES string of the molecule is CC(C)NC1CCN(c2ccc(Br)cc2Cl)C1. The summed E-state index contributed by atoms with van der Waals surface area (Å²) in [6.07, 6.45) is 1.19. The van der Waals surface area contributed by atoms with Gasteiger partial charge in [0.15, 0.2) is 0 Å². The second kappa shape index (κ2) is 5.59. The molecule has 17 heavy (non-hydrogen) atoms. The zero-order valence-electron chi connectivity index (χ0n) is 10.2. The second-order valence-electron chi connectivity index (χ2n) is 4.85. The molecular formula is C13H18BrClN2. The molecular weight excluding hydrogens is 300 g/mol. The fourth-order valence-corrected chi connectivity index (χ4v) is 3.12. The van der Waals surface area contributed by atoms with Gasteiger partial charge in [0, 0.05) is 29.6 Å². The summed E-state index contributed by atoms with van der Waals surface area (Å²) in [6.45, 7) is 6.50. The topological polar surface area (TPSA) is 15.3 Å². The smallest absolute Gasteiger partial charge is 0.0650 e. The average molecular weight is 318 g/mol.